The van der Waals surface area contributed by atoms with E-state index in [-0.39, 0.29) is 6.61 Å². The molecule has 2 heterocycles. The second-order valence-corrected chi connectivity index (χ2v) is 7.70. The van der Waals surface area contributed by atoms with Gasteiger partial charge in [-0.3, -0.25) is 19.1 Å². The molecule has 2 amide bonds. The number of aromatic hydroxyl groups is 1. The first-order valence-electron chi connectivity index (χ1n) is 10.2. The highest BCUT2D eigenvalue weighted by Crippen LogP contribution is 2.19. The van der Waals surface area contributed by atoms with Gasteiger partial charge in [0.05, 0.1) is 12.6 Å². The van der Waals surface area contributed by atoms with Crippen molar-refractivity contribution in [2.45, 2.75) is 25.6 Å². The number of nitrogens with one attached hydrogen (secondary N) is 2. The largest absolute Gasteiger partial charge is 0.502 e. The zero-order chi connectivity index (χ0) is 25.2. The van der Waals surface area contributed by atoms with Crippen LogP contribution in [0.15, 0.2) is 35.3 Å². The number of methoxy groups -OCH3 is 1. The van der Waals surface area contributed by atoms with E-state index < -0.39 is 75.9 Å². The number of benzene rings is 1. The van der Waals surface area contributed by atoms with Gasteiger partial charge in [-0.2, -0.15) is 0 Å². The van der Waals surface area contributed by atoms with Crippen LogP contribution in [0.5, 0.6) is 5.75 Å². The highest BCUT2D eigenvalue weighted by molar-refractivity contribution is 5.98. The molecule has 2 atom stereocenters. The number of aromatic nitrogens is 1. The summed E-state index contributed by atoms with van der Waals surface area (Å²) in [5, 5.41) is 12.7. The Kier molecular flexibility index (Phi) is 7.30. The molecule has 0 aliphatic carbocycles. The van der Waals surface area contributed by atoms with Gasteiger partial charge < -0.3 is 25.5 Å². The summed E-state index contributed by atoms with van der Waals surface area (Å²) in [7, 11) is 2.94. The van der Waals surface area contributed by atoms with Crippen molar-refractivity contribution in [1.82, 2.24) is 14.9 Å². The molecular formula is C22H23F3N4O5. The fourth-order valence-corrected chi connectivity index (χ4v) is 3.34. The number of halogens is 3. The Bertz CT molecular complexity index is 1190. The van der Waals surface area contributed by atoms with Crippen LogP contribution in [0.2, 0.25) is 0 Å². The second kappa shape index (κ2) is 10.00. The van der Waals surface area contributed by atoms with E-state index in [0.717, 1.165) is 10.9 Å². The van der Waals surface area contributed by atoms with E-state index in [2.05, 4.69) is 10.7 Å². The minimum absolute atomic E-state index is 0.151. The van der Waals surface area contributed by atoms with Gasteiger partial charge in [-0.1, -0.05) is 12.2 Å². The van der Waals surface area contributed by atoms with Crippen LogP contribution < -0.4 is 16.2 Å². The zero-order valence-corrected chi connectivity index (χ0v) is 18.6. The molecule has 1 aromatic carbocycles. The van der Waals surface area contributed by atoms with Gasteiger partial charge in [0.25, 0.3) is 11.8 Å². The number of nitrogens with zero attached hydrogens (tertiary/aromatic N) is 2. The Balaban J connectivity index is 2.01. The van der Waals surface area contributed by atoms with Crippen LogP contribution >= 0.6 is 0 Å². The molecule has 2 unspecified atom stereocenters. The minimum atomic E-state index is -1.22. The van der Waals surface area contributed by atoms with Crippen LogP contribution in [0.1, 0.15) is 33.3 Å². The normalized spacial score (nSPS) is 18.9. The fourth-order valence-electron chi connectivity index (χ4n) is 3.34. The third-order valence-electron chi connectivity index (χ3n) is 5.37. The van der Waals surface area contributed by atoms with E-state index in [1.165, 1.54) is 19.1 Å². The number of pyridine rings is 1. The Morgan fingerprint density at radius 2 is 1.85 bits per heavy atom. The summed E-state index contributed by atoms with van der Waals surface area (Å²) in [6.07, 6.45) is 4.46. The van der Waals surface area contributed by atoms with Gasteiger partial charge in [0.2, 0.25) is 5.43 Å². The topological polar surface area (TPSA) is 113 Å². The number of carbonyl (C=O) groups excluding carboxylic acids is 2. The summed E-state index contributed by atoms with van der Waals surface area (Å²) in [4.78, 5) is 39.7. The molecular weight excluding hydrogens is 457 g/mol. The van der Waals surface area contributed by atoms with E-state index in [1.54, 1.807) is 19.1 Å². The molecule has 1 aliphatic rings. The number of likely N-dealkylation sites (N-methyl/N-ethyl adjacent to an activating group) is 1. The summed E-state index contributed by atoms with van der Waals surface area (Å²) in [6, 6.07) is 0.00981. The standard InChI is InChI=1S/C22H23F3N4O5/c1-11-4-5-13(10-34-3)27-29-9-15(19(30)20(31)18(29)22(33)28(11)2)21(32)26-8-14-16(24)6-12(23)7-17(14)25/h4-7,9,11,13,27,31H,8,10H2,1-3H3,(H,26,32)/b5-4-. The molecule has 9 nitrogen and oxygen atoms in total. The lowest BCUT2D eigenvalue weighted by molar-refractivity contribution is 0.0755. The number of hydrogen-bond acceptors (Lipinski definition) is 6. The average Bonchev–Trinajstić information content (AvgIpc) is 2.81. The lowest BCUT2D eigenvalue weighted by Gasteiger charge is -2.24. The summed E-state index contributed by atoms with van der Waals surface area (Å²) in [5.74, 6) is -6.31. The molecule has 0 saturated carbocycles. The third kappa shape index (κ3) is 4.91. The highest BCUT2D eigenvalue weighted by atomic mass is 19.1. The second-order valence-electron chi connectivity index (χ2n) is 7.70. The van der Waals surface area contributed by atoms with Crippen LogP contribution in [-0.2, 0) is 11.3 Å². The van der Waals surface area contributed by atoms with Crippen molar-refractivity contribution >= 4 is 11.8 Å². The van der Waals surface area contributed by atoms with Crippen molar-refractivity contribution in [3.8, 4) is 5.75 Å². The number of amides is 2. The monoisotopic (exact) mass is 480 g/mol. The third-order valence-corrected chi connectivity index (χ3v) is 5.37. The molecule has 0 fully saturated rings. The molecule has 2 aromatic rings. The van der Waals surface area contributed by atoms with Crippen molar-refractivity contribution in [3.05, 3.63) is 75.0 Å². The van der Waals surface area contributed by atoms with Gasteiger partial charge in [0.1, 0.15) is 23.0 Å². The highest BCUT2D eigenvalue weighted by Gasteiger charge is 2.29. The lowest BCUT2D eigenvalue weighted by Crippen LogP contribution is -2.40. The number of ether oxygens (including phenoxy) is 1. The minimum Gasteiger partial charge on any atom is -0.502 e. The van der Waals surface area contributed by atoms with E-state index in [4.69, 9.17) is 4.74 Å². The summed E-state index contributed by atoms with van der Waals surface area (Å²) in [5.41, 5.74) is 0.115. The van der Waals surface area contributed by atoms with Crippen molar-refractivity contribution in [3.63, 3.8) is 0 Å². The maximum Gasteiger partial charge on any atom is 0.276 e. The lowest BCUT2D eigenvalue weighted by atomic mass is 10.1. The van der Waals surface area contributed by atoms with Crippen LogP contribution in [0.3, 0.4) is 0 Å². The number of fused-ring (bicyclic) bond motifs is 1. The summed E-state index contributed by atoms with van der Waals surface area (Å²) in [6.45, 7) is 1.19. The van der Waals surface area contributed by atoms with Crippen LogP contribution in [0.4, 0.5) is 13.2 Å². The predicted octanol–water partition coefficient (Wildman–Crippen LogP) is 1.49. The Labute approximate surface area is 192 Å². The Hall–Kier alpha value is -3.80. The summed E-state index contributed by atoms with van der Waals surface area (Å²) < 4.78 is 47.0. The maximum absolute atomic E-state index is 13.9. The molecule has 3 rings (SSSR count). The molecule has 0 spiro atoms. The van der Waals surface area contributed by atoms with Gasteiger partial charge in [-0.05, 0) is 6.92 Å². The molecule has 0 bridgehead atoms. The maximum atomic E-state index is 13.9. The van der Waals surface area contributed by atoms with Gasteiger partial charge in [0, 0.05) is 50.6 Å². The SMILES string of the molecule is COCC1/C=C\C(C)N(C)C(=O)c2c(O)c(=O)c(C(=O)NCc3c(F)cc(F)cc3F)cn2N1. The molecule has 34 heavy (non-hydrogen) atoms. The summed E-state index contributed by atoms with van der Waals surface area (Å²) >= 11 is 0. The van der Waals surface area contributed by atoms with Crippen molar-refractivity contribution in [2.75, 3.05) is 26.2 Å². The van der Waals surface area contributed by atoms with Gasteiger partial charge in [-0.25, -0.2) is 13.2 Å². The zero-order valence-electron chi connectivity index (χ0n) is 18.6. The van der Waals surface area contributed by atoms with Crippen molar-refractivity contribution in [2.24, 2.45) is 0 Å². The first-order valence-corrected chi connectivity index (χ1v) is 10.2. The van der Waals surface area contributed by atoms with Crippen LogP contribution in [-0.4, -0.2) is 59.3 Å². The van der Waals surface area contributed by atoms with Gasteiger partial charge in [-0.15, -0.1) is 0 Å². The molecule has 12 heteroatoms. The Morgan fingerprint density at radius 3 is 2.47 bits per heavy atom. The molecule has 1 aliphatic heterocycles. The molecule has 1 aromatic heterocycles. The molecule has 0 radical (unpaired) electrons. The number of rotatable bonds is 5. The molecule has 0 saturated heterocycles. The fraction of sp³-hybridized carbons (Fsp3) is 0.318. The van der Waals surface area contributed by atoms with Crippen molar-refractivity contribution < 1.29 is 32.6 Å². The molecule has 3 N–H and O–H groups in total. The van der Waals surface area contributed by atoms with Crippen LogP contribution in [0.25, 0.3) is 0 Å². The van der Waals surface area contributed by atoms with Gasteiger partial charge >= 0.3 is 0 Å². The number of hydrogen-bond donors (Lipinski definition) is 3. The van der Waals surface area contributed by atoms with E-state index in [0.29, 0.717) is 12.1 Å². The van der Waals surface area contributed by atoms with E-state index >= 15 is 0 Å². The number of carbonyl (C=O) groups is 2. The van der Waals surface area contributed by atoms with Crippen LogP contribution in [0, 0.1) is 17.5 Å². The first-order chi connectivity index (χ1) is 16.0. The van der Waals surface area contributed by atoms with E-state index in [1.807, 2.05) is 0 Å². The quantitative estimate of drug-likeness (QED) is 0.559. The van der Waals surface area contributed by atoms with Crippen molar-refractivity contribution in [1.29, 1.82) is 0 Å². The Morgan fingerprint density at radius 1 is 1.21 bits per heavy atom. The van der Waals surface area contributed by atoms with E-state index in [9.17, 15) is 32.7 Å². The molecule has 182 valence electrons. The van der Waals surface area contributed by atoms with Gasteiger partial charge in [0.15, 0.2) is 11.4 Å². The predicted molar refractivity (Wildman–Crippen MR) is 116 cm³/mol. The first kappa shape index (κ1) is 24.8. The smallest absolute Gasteiger partial charge is 0.276 e. The average molecular weight is 480 g/mol.